The van der Waals surface area contributed by atoms with Gasteiger partial charge in [-0.15, -0.1) is 4.91 Å². The van der Waals surface area contributed by atoms with Gasteiger partial charge in [-0.1, -0.05) is 20.8 Å². The molecule has 1 fully saturated rings. The maximum Gasteiger partial charge on any atom is 0.410 e. The van der Waals surface area contributed by atoms with Crippen molar-refractivity contribution in [1.29, 1.82) is 0 Å². The van der Waals surface area contributed by atoms with E-state index in [2.05, 4.69) is 48.9 Å². The predicted octanol–water partition coefficient (Wildman–Crippen LogP) is 4.93. The maximum absolute atomic E-state index is 12.9. The Kier molecular flexibility index (Phi) is 7.29. The second-order valence-electron chi connectivity index (χ2n) is 10.3. The third-order valence-electron chi connectivity index (χ3n) is 5.74. The van der Waals surface area contributed by atoms with E-state index in [0.29, 0.717) is 26.2 Å². The first-order chi connectivity index (χ1) is 13.7. The summed E-state index contributed by atoms with van der Waals surface area (Å²) in [6.07, 6.45) is 1.33. The van der Waals surface area contributed by atoms with Crippen LogP contribution in [0.25, 0.3) is 0 Å². The Morgan fingerprint density at radius 1 is 1.20 bits per heavy atom. The fourth-order valence-corrected chi connectivity index (χ4v) is 3.98. The number of carbonyl (C=O) groups excluding carboxylic acids is 1. The second kappa shape index (κ2) is 9.01. The molecule has 0 aliphatic carbocycles. The van der Waals surface area contributed by atoms with E-state index in [4.69, 9.17) is 9.16 Å². The lowest BCUT2D eigenvalue weighted by atomic mass is 10.1. The average molecular weight is 437 g/mol. The first-order valence-electron chi connectivity index (χ1n) is 10.4. The van der Waals surface area contributed by atoms with E-state index in [1.807, 2.05) is 26.8 Å². The molecule has 2 heterocycles. The number of nitroso groups, excluding NO2 is 1. The summed E-state index contributed by atoms with van der Waals surface area (Å²) in [4.78, 5) is 31.5. The Hall–Kier alpha value is -2.00. The van der Waals surface area contributed by atoms with Crippen molar-refractivity contribution in [3.8, 4) is 0 Å². The molecule has 1 aromatic rings. The number of anilines is 1. The zero-order valence-corrected chi connectivity index (χ0v) is 20.6. The summed E-state index contributed by atoms with van der Waals surface area (Å²) in [7, 11) is -1.97. The number of piperazine rings is 1. The second-order valence-corrected chi connectivity index (χ2v) is 15.1. The molecule has 0 radical (unpaired) electrons. The number of ether oxygens (including phenoxy) is 1. The largest absolute Gasteiger partial charge is 0.444 e. The van der Waals surface area contributed by atoms with Crippen LogP contribution in [0.1, 0.15) is 41.5 Å². The van der Waals surface area contributed by atoms with E-state index in [-0.39, 0.29) is 23.0 Å². The van der Waals surface area contributed by atoms with E-state index >= 15 is 0 Å². The highest BCUT2D eigenvalue weighted by Crippen LogP contribution is 2.37. The molecule has 8 nitrogen and oxygen atoms in total. The molecule has 0 aromatic carbocycles. The standard InChI is InChI=1S/C21H36N4O4Si/c1-20(2,3)29-19(26)25-12-11-24(16-9-10-18(23-27)22-13-16)14-17(25)15-28-30(7,8)21(4,5)6/h9-10,13,17H,11-12,14-15H2,1-8H3/t17-/m1/s1. The van der Waals surface area contributed by atoms with Crippen LogP contribution in [0.15, 0.2) is 23.5 Å². The van der Waals surface area contributed by atoms with Crippen molar-refractivity contribution in [1.82, 2.24) is 9.88 Å². The number of hydrogen-bond acceptors (Lipinski definition) is 7. The smallest absolute Gasteiger partial charge is 0.410 e. The molecule has 1 aliphatic heterocycles. The summed E-state index contributed by atoms with van der Waals surface area (Å²) >= 11 is 0. The van der Waals surface area contributed by atoms with Crippen molar-refractivity contribution < 1.29 is 14.0 Å². The van der Waals surface area contributed by atoms with Crippen molar-refractivity contribution in [3.63, 3.8) is 0 Å². The van der Waals surface area contributed by atoms with Crippen LogP contribution in [-0.2, 0) is 9.16 Å². The summed E-state index contributed by atoms with van der Waals surface area (Å²) < 4.78 is 12.1. The number of nitrogens with zero attached hydrogens (tertiary/aromatic N) is 4. The van der Waals surface area contributed by atoms with E-state index in [0.717, 1.165) is 5.69 Å². The van der Waals surface area contributed by atoms with E-state index in [1.54, 1.807) is 17.2 Å². The highest BCUT2D eigenvalue weighted by molar-refractivity contribution is 6.74. The normalized spacial score (nSPS) is 18.3. The molecule has 0 N–H and O–H groups in total. The van der Waals surface area contributed by atoms with E-state index in [9.17, 15) is 9.70 Å². The van der Waals surface area contributed by atoms with Crippen LogP contribution in [0, 0.1) is 4.91 Å². The number of aromatic nitrogens is 1. The first kappa shape index (κ1) is 24.3. The van der Waals surface area contributed by atoms with Gasteiger partial charge in [0.15, 0.2) is 14.1 Å². The molecular formula is C21H36N4O4Si. The van der Waals surface area contributed by atoms with Gasteiger partial charge in [-0.25, -0.2) is 9.78 Å². The number of pyridine rings is 1. The molecule has 0 spiro atoms. The molecule has 2 rings (SSSR count). The van der Waals surface area contributed by atoms with Gasteiger partial charge in [0, 0.05) is 19.6 Å². The van der Waals surface area contributed by atoms with Gasteiger partial charge < -0.3 is 14.1 Å². The molecule has 1 saturated heterocycles. The highest BCUT2D eigenvalue weighted by Gasteiger charge is 2.40. The molecule has 0 bridgehead atoms. The number of hydrogen-bond donors (Lipinski definition) is 0. The molecule has 1 aliphatic rings. The fourth-order valence-electron chi connectivity index (χ4n) is 2.93. The van der Waals surface area contributed by atoms with Gasteiger partial charge in [0.05, 0.1) is 24.5 Å². The van der Waals surface area contributed by atoms with Crippen molar-refractivity contribution in [2.24, 2.45) is 5.18 Å². The molecule has 9 heteroatoms. The molecule has 30 heavy (non-hydrogen) atoms. The zero-order chi connectivity index (χ0) is 22.7. The monoisotopic (exact) mass is 436 g/mol. The SMILES string of the molecule is CC(C)(C)OC(=O)N1CCN(c2ccc(N=O)nc2)C[C@@H]1CO[Si](C)(C)C(C)(C)C. The quantitative estimate of drug-likeness (QED) is 0.481. The molecule has 0 unspecified atom stereocenters. The van der Waals surface area contributed by atoms with Gasteiger partial charge in [0.25, 0.3) is 0 Å². The molecule has 1 aromatic heterocycles. The van der Waals surface area contributed by atoms with Gasteiger partial charge in [-0.05, 0) is 56.2 Å². The predicted molar refractivity (Wildman–Crippen MR) is 122 cm³/mol. The summed E-state index contributed by atoms with van der Waals surface area (Å²) in [6, 6.07) is 3.29. The number of amides is 1. The van der Waals surface area contributed by atoms with Gasteiger partial charge in [0.1, 0.15) is 5.60 Å². The van der Waals surface area contributed by atoms with Gasteiger partial charge in [-0.2, -0.15) is 0 Å². The minimum absolute atomic E-state index is 0.0830. The van der Waals surface area contributed by atoms with Crippen molar-refractivity contribution >= 4 is 25.9 Å². The van der Waals surface area contributed by atoms with Gasteiger partial charge in [-0.3, -0.25) is 4.90 Å². The Morgan fingerprint density at radius 3 is 2.37 bits per heavy atom. The highest BCUT2D eigenvalue weighted by atomic mass is 28.4. The van der Waals surface area contributed by atoms with Crippen LogP contribution >= 0.6 is 0 Å². The van der Waals surface area contributed by atoms with Crippen LogP contribution < -0.4 is 4.90 Å². The van der Waals surface area contributed by atoms with Crippen LogP contribution in [0.4, 0.5) is 16.3 Å². The van der Waals surface area contributed by atoms with Crippen molar-refractivity contribution in [2.75, 3.05) is 31.1 Å². The van der Waals surface area contributed by atoms with Crippen LogP contribution in [0.3, 0.4) is 0 Å². The topological polar surface area (TPSA) is 84.3 Å². The van der Waals surface area contributed by atoms with E-state index < -0.39 is 13.9 Å². The third kappa shape index (κ3) is 6.25. The van der Waals surface area contributed by atoms with Crippen molar-refractivity contribution in [2.45, 2.75) is 71.3 Å². The van der Waals surface area contributed by atoms with Gasteiger partial charge in [0.2, 0.25) is 0 Å². The maximum atomic E-state index is 12.9. The van der Waals surface area contributed by atoms with Crippen LogP contribution in [0.2, 0.25) is 18.1 Å². The molecule has 0 saturated carbocycles. The fraction of sp³-hybridized carbons (Fsp3) is 0.714. The van der Waals surface area contributed by atoms with Crippen molar-refractivity contribution in [3.05, 3.63) is 23.2 Å². The zero-order valence-electron chi connectivity index (χ0n) is 19.6. The lowest BCUT2D eigenvalue weighted by molar-refractivity contribution is 0.00783. The Balaban J connectivity index is 2.19. The molecule has 168 valence electrons. The molecule has 1 atom stereocenters. The van der Waals surface area contributed by atoms with Crippen LogP contribution in [0.5, 0.6) is 0 Å². The lowest BCUT2D eigenvalue weighted by Gasteiger charge is -2.44. The number of carbonyl (C=O) groups is 1. The summed E-state index contributed by atoms with van der Waals surface area (Å²) in [5, 5.41) is 2.94. The molecular weight excluding hydrogens is 400 g/mol. The lowest BCUT2D eigenvalue weighted by Crippen LogP contribution is -2.59. The summed E-state index contributed by atoms with van der Waals surface area (Å²) in [5.74, 6) is 0.156. The Morgan fingerprint density at radius 2 is 1.87 bits per heavy atom. The Bertz CT molecular complexity index is 741. The minimum Gasteiger partial charge on any atom is -0.444 e. The minimum atomic E-state index is -1.97. The first-order valence-corrected chi connectivity index (χ1v) is 13.3. The van der Waals surface area contributed by atoms with E-state index in [1.165, 1.54) is 0 Å². The summed E-state index contributed by atoms with van der Waals surface area (Å²) in [5.41, 5.74) is 0.337. The Labute approximate surface area is 181 Å². The van der Waals surface area contributed by atoms with Gasteiger partial charge >= 0.3 is 6.09 Å². The number of rotatable bonds is 5. The molecule has 1 amide bonds. The average Bonchev–Trinajstić information content (AvgIpc) is 2.64. The summed E-state index contributed by atoms with van der Waals surface area (Å²) in [6.45, 7) is 18.9. The third-order valence-corrected chi connectivity index (χ3v) is 10.2. The van der Waals surface area contributed by atoms with Crippen LogP contribution in [-0.4, -0.2) is 62.2 Å².